The van der Waals surface area contributed by atoms with Crippen molar-refractivity contribution in [3.63, 3.8) is 0 Å². The van der Waals surface area contributed by atoms with Crippen LogP contribution >= 0.6 is 0 Å². The summed E-state index contributed by atoms with van der Waals surface area (Å²) in [5.41, 5.74) is 2.97. The highest BCUT2D eigenvalue weighted by Gasteiger charge is 2.29. The van der Waals surface area contributed by atoms with Gasteiger partial charge in [0, 0.05) is 61.5 Å². The van der Waals surface area contributed by atoms with Crippen LogP contribution in [-0.4, -0.2) is 63.5 Å². The first kappa shape index (κ1) is 19.3. The Balaban J connectivity index is 1.54. The Morgan fingerprint density at radius 1 is 1.14 bits per heavy atom. The molecule has 1 amide bonds. The van der Waals surface area contributed by atoms with Gasteiger partial charge in [0.2, 0.25) is 0 Å². The van der Waals surface area contributed by atoms with E-state index in [0.29, 0.717) is 23.1 Å². The van der Waals surface area contributed by atoms with Gasteiger partial charge in [0.05, 0.1) is 0 Å². The van der Waals surface area contributed by atoms with Crippen molar-refractivity contribution in [3.05, 3.63) is 60.4 Å². The maximum absolute atomic E-state index is 13.4. The molecule has 0 spiro atoms. The van der Waals surface area contributed by atoms with Crippen LogP contribution in [0.15, 0.2) is 48.9 Å². The van der Waals surface area contributed by atoms with E-state index in [1.807, 2.05) is 42.9 Å². The zero-order valence-corrected chi connectivity index (χ0v) is 16.8. The van der Waals surface area contributed by atoms with Gasteiger partial charge in [-0.05, 0) is 38.7 Å². The highest BCUT2D eigenvalue weighted by Crippen LogP contribution is 2.24. The number of likely N-dealkylation sites (N-methyl/N-ethyl adjacent to an activating group) is 1. The summed E-state index contributed by atoms with van der Waals surface area (Å²) in [4.78, 5) is 25.8. The molecule has 7 heteroatoms. The van der Waals surface area contributed by atoms with Gasteiger partial charge in [0.25, 0.3) is 5.91 Å². The second-order valence-electron chi connectivity index (χ2n) is 7.69. The van der Waals surface area contributed by atoms with Crippen molar-refractivity contribution in [2.45, 2.75) is 12.5 Å². The van der Waals surface area contributed by atoms with E-state index in [-0.39, 0.29) is 11.7 Å². The maximum atomic E-state index is 13.4. The fourth-order valence-corrected chi connectivity index (χ4v) is 3.70. The van der Waals surface area contributed by atoms with E-state index in [2.05, 4.69) is 14.9 Å². The minimum atomic E-state index is -0.320. The molecule has 0 bridgehead atoms. The molecular weight excluding hydrogens is 369 g/mol. The molecular formula is C22H24FN5O. The first-order valence-electron chi connectivity index (χ1n) is 9.63. The summed E-state index contributed by atoms with van der Waals surface area (Å²) in [5.74, 6) is 0.187. The molecule has 0 N–H and O–H groups in total. The van der Waals surface area contributed by atoms with Crippen LogP contribution in [0.5, 0.6) is 0 Å². The zero-order valence-electron chi connectivity index (χ0n) is 16.8. The van der Waals surface area contributed by atoms with Gasteiger partial charge in [-0.15, -0.1) is 0 Å². The van der Waals surface area contributed by atoms with Crippen LogP contribution in [-0.2, 0) is 7.05 Å². The number of nitrogens with zero attached hydrogens (tertiary/aromatic N) is 5. The van der Waals surface area contributed by atoms with Crippen molar-refractivity contribution in [2.75, 3.05) is 27.2 Å². The number of rotatable bonds is 4. The van der Waals surface area contributed by atoms with E-state index in [9.17, 15) is 9.18 Å². The topological polar surface area (TPSA) is 54.3 Å². The van der Waals surface area contributed by atoms with Gasteiger partial charge in [-0.3, -0.25) is 4.79 Å². The lowest BCUT2D eigenvalue weighted by Crippen LogP contribution is -2.35. The molecule has 29 heavy (non-hydrogen) atoms. The Hall–Kier alpha value is -3.06. The Bertz CT molecular complexity index is 1030. The summed E-state index contributed by atoms with van der Waals surface area (Å²) in [6.07, 6.45) is 6.31. The molecule has 4 rings (SSSR count). The molecule has 0 unspecified atom stereocenters. The minimum absolute atomic E-state index is 0.0420. The van der Waals surface area contributed by atoms with Gasteiger partial charge in [-0.1, -0.05) is 12.1 Å². The molecule has 6 nitrogen and oxygen atoms in total. The van der Waals surface area contributed by atoms with Gasteiger partial charge in [0.15, 0.2) is 5.82 Å². The number of likely N-dealkylation sites (tertiary alicyclic amines) is 1. The summed E-state index contributed by atoms with van der Waals surface area (Å²) in [7, 11) is 5.97. The number of hydrogen-bond acceptors (Lipinski definition) is 4. The van der Waals surface area contributed by atoms with Crippen molar-refractivity contribution >= 4 is 5.91 Å². The fourth-order valence-electron chi connectivity index (χ4n) is 3.70. The van der Waals surface area contributed by atoms with E-state index in [4.69, 9.17) is 0 Å². The lowest BCUT2D eigenvalue weighted by atomic mass is 10.1. The molecule has 1 aromatic carbocycles. The Labute approximate surface area is 169 Å². The van der Waals surface area contributed by atoms with Gasteiger partial charge in [0.1, 0.15) is 11.5 Å². The number of carbonyl (C=O) groups excluding carboxylic acids is 1. The van der Waals surface area contributed by atoms with Crippen LogP contribution < -0.4 is 0 Å². The summed E-state index contributed by atoms with van der Waals surface area (Å²) < 4.78 is 15.3. The van der Waals surface area contributed by atoms with Crippen molar-refractivity contribution in [1.82, 2.24) is 24.3 Å². The Morgan fingerprint density at radius 3 is 2.55 bits per heavy atom. The Kier molecular flexibility index (Phi) is 5.15. The number of halogens is 1. The molecule has 3 aromatic rings. The number of benzene rings is 1. The molecule has 0 aliphatic carbocycles. The van der Waals surface area contributed by atoms with Crippen LogP contribution in [0, 0.1) is 5.82 Å². The molecule has 2 aromatic heterocycles. The zero-order chi connectivity index (χ0) is 20.5. The van der Waals surface area contributed by atoms with E-state index in [0.717, 1.165) is 30.6 Å². The fraction of sp³-hybridized carbons (Fsp3) is 0.318. The van der Waals surface area contributed by atoms with Crippen molar-refractivity contribution in [2.24, 2.45) is 7.05 Å². The SMILES string of the molecule is CN(C)[C@@H]1CCN(C(=O)c2cc(-c3cnc(-c4cccc(F)c4)nc3)cn2C)C1. The number of aromatic nitrogens is 3. The lowest BCUT2D eigenvalue weighted by molar-refractivity contribution is 0.0773. The summed E-state index contributed by atoms with van der Waals surface area (Å²) >= 11 is 0. The Morgan fingerprint density at radius 2 is 1.90 bits per heavy atom. The van der Waals surface area contributed by atoms with Gasteiger partial charge in [-0.2, -0.15) is 0 Å². The van der Waals surface area contributed by atoms with Crippen LogP contribution in [0.1, 0.15) is 16.9 Å². The molecule has 0 saturated carbocycles. The van der Waals surface area contributed by atoms with Crippen LogP contribution in [0.3, 0.4) is 0 Å². The largest absolute Gasteiger partial charge is 0.346 e. The normalized spacial score (nSPS) is 16.6. The first-order valence-corrected chi connectivity index (χ1v) is 9.63. The van der Waals surface area contributed by atoms with Crippen molar-refractivity contribution < 1.29 is 9.18 Å². The van der Waals surface area contributed by atoms with Crippen molar-refractivity contribution in [1.29, 1.82) is 0 Å². The third-order valence-corrected chi connectivity index (χ3v) is 5.47. The van der Waals surface area contributed by atoms with E-state index in [1.165, 1.54) is 12.1 Å². The second-order valence-corrected chi connectivity index (χ2v) is 7.69. The van der Waals surface area contributed by atoms with Gasteiger partial charge in [-0.25, -0.2) is 14.4 Å². The number of hydrogen-bond donors (Lipinski definition) is 0. The summed E-state index contributed by atoms with van der Waals surface area (Å²) in [6, 6.07) is 8.49. The average molecular weight is 393 g/mol. The van der Waals surface area contributed by atoms with E-state index < -0.39 is 0 Å². The number of aryl methyl sites for hydroxylation is 1. The van der Waals surface area contributed by atoms with E-state index >= 15 is 0 Å². The first-order chi connectivity index (χ1) is 13.9. The van der Waals surface area contributed by atoms with Gasteiger partial charge < -0.3 is 14.4 Å². The standard InChI is InChI=1S/C22H24FN5O/c1-26(2)19-7-8-28(14-19)22(29)20-10-16(13-27(20)3)17-11-24-21(25-12-17)15-5-4-6-18(23)9-15/h4-6,9-13,19H,7-8,14H2,1-3H3/t19-/m1/s1. The molecule has 1 atom stereocenters. The summed E-state index contributed by atoms with van der Waals surface area (Å²) in [6.45, 7) is 1.52. The van der Waals surface area contributed by atoms with Crippen LogP contribution in [0.4, 0.5) is 4.39 Å². The van der Waals surface area contributed by atoms with Crippen LogP contribution in [0.2, 0.25) is 0 Å². The highest BCUT2D eigenvalue weighted by atomic mass is 19.1. The highest BCUT2D eigenvalue weighted by molar-refractivity contribution is 5.94. The quantitative estimate of drug-likeness (QED) is 0.684. The molecule has 1 aliphatic rings. The number of carbonyl (C=O) groups is 1. The lowest BCUT2D eigenvalue weighted by Gasteiger charge is -2.20. The second kappa shape index (κ2) is 7.75. The smallest absolute Gasteiger partial charge is 0.270 e. The van der Waals surface area contributed by atoms with E-state index in [1.54, 1.807) is 24.5 Å². The predicted molar refractivity (Wildman–Crippen MR) is 110 cm³/mol. The number of amides is 1. The predicted octanol–water partition coefficient (Wildman–Crippen LogP) is 3.06. The van der Waals surface area contributed by atoms with Gasteiger partial charge >= 0.3 is 0 Å². The third-order valence-electron chi connectivity index (χ3n) is 5.47. The van der Waals surface area contributed by atoms with Crippen LogP contribution in [0.25, 0.3) is 22.5 Å². The average Bonchev–Trinajstić information content (AvgIpc) is 3.35. The third kappa shape index (κ3) is 3.91. The molecule has 150 valence electrons. The van der Waals surface area contributed by atoms with Crippen molar-refractivity contribution in [3.8, 4) is 22.5 Å². The molecule has 1 fully saturated rings. The molecule has 1 saturated heterocycles. The summed E-state index contributed by atoms with van der Waals surface area (Å²) in [5, 5.41) is 0. The molecule has 0 radical (unpaired) electrons. The minimum Gasteiger partial charge on any atom is -0.346 e. The molecule has 3 heterocycles. The monoisotopic (exact) mass is 393 g/mol. The maximum Gasteiger partial charge on any atom is 0.270 e. The molecule has 1 aliphatic heterocycles.